The fourth-order valence-corrected chi connectivity index (χ4v) is 7.68. The molecule has 1 aromatic carbocycles. The Morgan fingerprint density at radius 3 is 1.91 bits per heavy atom. The molecule has 16 heteroatoms. The summed E-state index contributed by atoms with van der Waals surface area (Å²) in [5, 5.41) is 11.6. The van der Waals surface area contributed by atoms with Crippen LogP contribution in [0.4, 0.5) is 5.69 Å². The molecule has 0 fully saturated rings. The van der Waals surface area contributed by atoms with Crippen molar-refractivity contribution in [3.05, 3.63) is 46.7 Å². The van der Waals surface area contributed by atoms with E-state index < -0.39 is 54.3 Å². The number of hydrogen-bond donors (Lipinski definition) is 4. The normalized spacial score (nSPS) is 14.6. The number of aryl methyl sites for hydroxylation is 2. The van der Waals surface area contributed by atoms with Gasteiger partial charge in [-0.05, 0) is 81.8 Å². The molecule has 1 aromatic heterocycles. The lowest BCUT2D eigenvalue weighted by atomic mass is 9.91. The van der Waals surface area contributed by atoms with Gasteiger partial charge in [-0.2, -0.15) is 0 Å². The highest BCUT2D eigenvalue weighted by Crippen LogP contribution is 2.39. The maximum absolute atomic E-state index is 14.3. The second-order valence-electron chi connectivity index (χ2n) is 17.6. The number of carbonyl (C=O) groups is 4. The third-order valence-corrected chi connectivity index (χ3v) is 15.9. The van der Waals surface area contributed by atoms with E-state index in [0.717, 1.165) is 10.6 Å². The summed E-state index contributed by atoms with van der Waals surface area (Å²) >= 11 is 0. The van der Waals surface area contributed by atoms with Crippen LogP contribution in [0.2, 0.25) is 18.1 Å². The van der Waals surface area contributed by atoms with Crippen LogP contribution in [-0.2, 0) is 30.6 Å². The molecule has 0 saturated carbocycles. The first-order valence-corrected chi connectivity index (χ1v) is 24.2. The molecule has 0 unspecified atom stereocenters. The minimum Gasteiger partial charge on any atom is -0.446 e. The Balaban J connectivity index is 2.58. The van der Waals surface area contributed by atoms with Crippen LogP contribution in [0.15, 0.2) is 22.6 Å². The first kappa shape index (κ1) is 48.4. The van der Waals surface area contributed by atoms with Crippen molar-refractivity contribution in [1.82, 2.24) is 26.3 Å². The average molecular weight is 821 g/mol. The van der Waals surface area contributed by atoms with E-state index in [1.54, 1.807) is 20.8 Å². The fraction of sp³-hybridized carbons (Fsp3) is 0.675. The summed E-state index contributed by atoms with van der Waals surface area (Å²) < 4.78 is 38.8. The van der Waals surface area contributed by atoms with Gasteiger partial charge in [0.2, 0.25) is 21.8 Å². The van der Waals surface area contributed by atoms with Crippen molar-refractivity contribution in [2.24, 2.45) is 17.8 Å². The summed E-state index contributed by atoms with van der Waals surface area (Å²) in [5.74, 6) is -1.27. The van der Waals surface area contributed by atoms with Gasteiger partial charge < -0.3 is 30.1 Å². The van der Waals surface area contributed by atoms with E-state index in [9.17, 15) is 27.6 Å². The highest BCUT2D eigenvalue weighted by molar-refractivity contribution is 7.92. The zero-order chi connectivity index (χ0) is 43.1. The largest absolute Gasteiger partial charge is 0.446 e. The van der Waals surface area contributed by atoms with E-state index in [0.29, 0.717) is 23.8 Å². The molecule has 56 heavy (non-hydrogen) atoms. The van der Waals surface area contributed by atoms with Crippen molar-refractivity contribution < 1.29 is 36.4 Å². The maximum Gasteiger partial charge on any atom is 0.251 e. The zero-order valence-electron chi connectivity index (χ0n) is 36.5. The van der Waals surface area contributed by atoms with Gasteiger partial charge >= 0.3 is 0 Å². The van der Waals surface area contributed by atoms with Crippen LogP contribution in [0.5, 0.6) is 0 Å². The monoisotopic (exact) mass is 820 g/mol. The number of benzene rings is 1. The van der Waals surface area contributed by atoms with Crippen LogP contribution in [-0.4, -0.2) is 82.9 Å². The van der Waals surface area contributed by atoms with Crippen molar-refractivity contribution in [2.75, 3.05) is 17.6 Å². The SMILES string of the molecule is Cc1nc(CNC(=O)c2cc(C(=O)N[C@@H](CC(C)C)[C@H](C[C@@H](C)C(=O)N[C@H](C(=O)NC(C)C)C(C)C)O[Si](C)(C)C(C)(C)C)cc(N(C)S(C)(=O)=O)c2)c(C)o1. The highest BCUT2D eigenvalue weighted by atomic mass is 32.2. The van der Waals surface area contributed by atoms with Crippen LogP contribution >= 0.6 is 0 Å². The molecule has 2 aromatic rings. The van der Waals surface area contributed by atoms with Crippen molar-refractivity contribution in [3.8, 4) is 0 Å². The van der Waals surface area contributed by atoms with Crippen LogP contribution in [0.25, 0.3) is 0 Å². The molecule has 0 radical (unpaired) electrons. The molecule has 14 nitrogen and oxygen atoms in total. The Labute approximate surface area is 336 Å². The van der Waals surface area contributed by atoms with E-state index in [4.69, 9.17) is 8.84 Å². The Morgan fingerprint density at radius 1 is 0.875 bits per heavy atom. The summed E-state index contributed by atoms with van der Waals surface area (Å²) in [7, 11) is -4.91. The molecule has 4 amide bonds. The van der Waals surface area contributed by atoms with Crippen molar-refractivity contribution in [2.45, 2.75) is 145 Å². The van der Waals surface area contributed by atoms with Crippen molar-refractivity contribution >= 4 is 47.7 Å². The molecule has 4 N–H and O–H groups in total. The van der Waals surface area contributed by atoms with Crippen molar-refractivity contribution in [1.29, 1.82) is 0 Å². The van der Waals surface area contributed by atoms with Crippen LogP contribution in [0.1, 0.15) is 120 Å². The molecule has 0 spiro atoms. The van der Waals surface area contributed by atoms with E-state index in [-0.39, 0.29) is 64.5 Å². The average Bonchev–Trinajstić information content (AvgIpc) is 3.38. The standard InChI is InChI=1S/C40H68N6O8SSi/c1-23(2)17-32(34(54-56(15,16)40(10,11)12)18-26(7)36(47)45-35(24(3)4)39(50)42-25(5)6)44-38(49)30-19-29(20-31(21-30)46(13)55(14,51)52)37(48)41-22-33-27(8)53-28(9)43-33/h19-21,23-26,32,34-35H,17-18,22H2,1-16H3,(H,41,48)(H,42,50)(H,44,49)(H,45,47)/t26-,32+,34+,35+/m1/s1. The fourth-order valence-electron chi connectivity index (χ4n) is 5.82. The summed E-state index contributed by atoms with van der Waals surface area (Å²) in [6.07, 6.45) is 1.17. The molecule has 0 aliphatic carbocycles. The summed E-state index contributed by atoms with van der Waals surface area (Å²) in [6, 6.07) is 2.86. The Hall–Kier alpha value is -3.76. The number of sulfonamides is 1. The first-order valence-electron chi connectivity index (χ1n) is 19.4. The van der Waals surface area contributed by atoms with Gasteiger partial charge in [-0.3, -0.25) is 23.5 Å². The number of hydrogen-bond acceptors (Lipinski definition) is 9. The first-order chi connectivity index (χ1) is 25.5. The van der Waals surface area contributed by atoms with Crippen LogP contribution in [0, 0.1) is 31.6 Å². The lowest BCUT2D eigenvalue weighted by Gasteiger charge is -2.42. The summed E-state index contributed by atoms with van der Waals surface area (Å²) in [6.45, 7) is 27.4. The molecule has 2 rings (SSSR count). The maximum atomic E-state index is 14.3. The van der Waals surface area contributed by atoms with Gasteiger partial charge in [0.05, 0.1) is 30.6 Å². The lowest BCUT2D eigenvalue weighted by molar-refractivity contribution is -0.132. The minimum absolute atomic E-state index is 0.0602. The number of anilines is 1. The molecule has 0 aliphatic heterocycles. The van der Waals surface area contributed by atoms with Gasteiger partial charge in [0.15, 0.2) is 14.2 Å². The van der Waals surface area contributed by atoms with Gasteiger partial charge in [-0.15, -0.1) is 0 Å². The van der Waals surface area contributed by atoms with Gasteiger partial charge in [0.1, 0.15) is 17.5 Å². The minimum atomic E-state index is -3.76. The Kier molecular flexibility index (Phi) is 16.9. The predicted octanol–water partition coefficient (Wildman–Crippen LogP) is 5.84. The van der Waals surface area contributed by atoms with Gasteiger partial charge in [0, 0.05) is 37.1 Å². The van der Waals surface area contributed by atoms with Crippen LogP contribution < -0.4 is 25.6 Å². The highest BCUT2D eigenvalue weighted by Gasteiger charge is 2.42. The van der Waals surface area contributed by atoms with Gasteiger partial charge in [-0.1, -0.05) is 55.4 Å². The molecule has 1 heterocycles. The second kappa shape index (κ2) is 19.6. The van der Waals surface area contributed by atoms with Crippen molar-refractivity contribution in [3.63, 3.8) is 0 Å². The van der Waals surface area contributed by atoms with E-state index >= 15 is 0 Å². The quantitative estimate of drug-likeness (QED) is 0.126. The van der Waals surface area contributed by atoms with Crippen LogP contribution in [0.3, 0.4) is 0 Å². The predicted molar refractivity (Wildman–Crippen MR) is 223 cm³/mol. The molecule has 0 bridgehead atoms. The molecule has 4 atom stereocenters. The molecule has 0 aliphatic rings. The third-order valence-electron chi connectivity index (χ3n) is 10.2. The molecular formula is C40H68N6O8SSi. The van der Waals surface area contributed by atoms with E-state index in [2.05, 4.69) is 60.1 Å². The molecule has 316 valence electrons. The number of oxazole rings is 1. The molecule has 0 saturated heterocycles. The van der Waals surface area contributed by atoms with Gasteiger partial charge in [-0.25, -0.2) is 13.4 Å². The van der Waals surface area contributed by atoms with Gasteiger partial charge in [0.25, 0.3) is 11.8 Å². The number of aromatic nitrogens is 1. The second-order valence-corrected chi connectivity index (χ2v) is 24.3. The third kappa shape index (κ3) is 14.0. The molecular weight excluding hydrogens is 753 g/mol. The number of nitrogens with zero attached hydrogens (tertiary/aromatic N) is 2. The lowest BCUT2D eigenvalue weighted by Crippen LogP contribution is -2.54. The number of amides is 4. The summed E-state index contributed by atoms with van der Waals surface area (Å²) in [4.78, 5) is 58.9. The summed E-state index contributed by atoms with van der Waals surface area (Å²) in [5.41, 5.74) is 0.809. The number of nitrogens with one attached hydrogen (secondary N) is 4. The van der Waals surface area contributed by atoms with E-state index in [1.165, 1.54) is 25.2 Å². The zero-order valence-corrected chi connectivity index (χ0v) is 38.3. The topological polar surface area (TPSA) is 189 Å². The number of rotatable bonds is 19. The number of carbonyl (C=O) groups excluding carboxylic acids is 4. The van der Waals surface area contributed by atoms with E-state index in [1.807, 2.05) is 41.5 Å². The smallest absolute Gasteiger partial charge is 0.251 e. The Morgan fingerprint density at radius 2 is 1.45 bits per heavy atom. The Bertz CT molecular complexity index is 1800.